The van der Waals surface area contributed by atoms with E-state index in [1.54, 1.807) is 0 Å². The number of rotatable bonds is 6. The lowest BCUT2D eigenvalue weighted by atomic mass is 10.2. The maximum absolute atomic E-state index is 11.0. The second kappa shape index (κ2) is 6.08. The molecule has 1 aliphatic heterocycles. The van der Waals surface area contributed by atoms with Crippen LogP contribution in [0.3, 0.4) is 0 Å². The summed E-state index contributed by atoms with van der Waals surface area (Å²) < 4.78 is 0. The van der Waals surface area contributed by atoms with E-state index in [4.69, 9.17) is 5.11 Å². The fourth-order valence-electron chi connectivity index (χ4n) is 2.00. The summed E-state index contributed by atoms with van der Waals surface area (Å²) in [4.78, 5) is 13.2. The van der Waals surface area contributed by atoms with Gasteiger partial charge in [-0.25, -0.2) is 0 Å². The lowest BCUT2D eigenvalue weighted by Crippen LogP contribution is -2.45. The predicted molar refractivity (Wildman–Crippen MR) is 59.9 cm³/mol. The quantitative estimate of drug-likeness (QED) is 0.686. The molecule has 1 aliphatic rings. The molecule has 0 aliphatic carbocycles. The Bertz CT molecular complexity index is 209. The zero-order valence-corrected chi connectivity index (χ0v) is 9.70. The van der Waals surface area contributed by atoms with E-state index in [0.29, 0.717) is 12.5 Å². The van der Waals surface area contributed by atoms with Gasteiger partial charge in [0.25, 0.3) is 0 Å². The third-order valence-corrected chi connectivity index (χ3v) is 2.89. The van der Waals surface area contributed by atoms with E-state index in [9.17, 15) is 4.79 Å². The Morgan fingerprint density at radius 1 is 1.67 bits per heavy atom. The molecule has 0 aromatic rings. The highest BCUT2D eigenvalue weighted by Crippen LogP contribution is 2.14. The largest absolute Gasteiger partial charge is 0.480 e. The van der Waals surface area contributed by atoms with E-state index in [1.165, 1.54) is 6.42 Å². The molecule has 0 radical (unpaired) electrons. The van der Waals surface area contributed by atoms with Crippen LogP contribution in [0, 0.1) is 5.92 Å². The summed E-state index contributed by atoms with van der Waals surface area (Å²) in [7, 11) is 0. The maximum atomic E-state index is 11.0. The average Bonchev–Trinajstić information content (AvgIpc) is 2.58. The van der Waals surface area contributed by atoms with Crippen molar-refractivity contribution in [3.8, 4) is 0 Å². The van der Waals surface area contributed by atoms with Gasteiger partial charge in [0.2, 0.25) is 0 Å². The average molecular weight is 214 g/mol. The molecule has 88 valence electrons. The summed E-state index contributed by atoms with van der Waals surface area (Å²) in [6.07, 6.45) is 2.17. The first-order chi connectivity index (χ1) is 7.13. The Morgan fingerprint density at radius 2 is 2.40 bits per heavy atom. The van der Waals surface area contributed by atoms with Crippen LogP contribution in [0.4, 0.5) is 0 Å². The van der Waals surface area contributed by atoms with Crippen LogP contribution in [0.2, 0.25) is 0 Å². The van der Waals surface area contributed by atoms with Crippen molar-refractivity contribution < 1.29 is 9.90 Å². The lowest BCUT2D eigenvalue weighted by Gasteiger charge is -2.21. The zero-order valence-electron chi connectivity index (χ0n) is 9.70. The van der Waals surface area contributed by atoms with Gasteiger partial charge in [-0.15, -0.1) is 0 Å². The van der Waals surface area contributed by atoms with Crippen LogP contribution in [0.5, 0.6) is 0 Å². The van der Waals surface area contributed by atoms with Crippen molar-refractivity contribution in [3.05, 3.63) is 0 Å². The number of likely N-dealkylation sites (tertiary alicyclic amines) is 1. The van der Waals surface area contributed by atoms with E-state index in [2.05, 4.69) is 17.1 Å². The van der Waals surface area contributed by atoms with Crippen LogP contribution in [-0.2, 0) is 4.79 Å². The molecule has 15 heavy (non-hydrogen) atoms. The minimum absolute atomic E-state index is 0.407. The van der Waals surface area contributed by atoms with Crippen molar-refractivity contribution in [3.63, 3.8) is 0 Å². The van der Waals surface area contributed by atoms with Gasteiger partial charge in [0.05, 0.1) is 0 Å². The number of hydrogen-bond acceptors (Lipinski definition) is 3. The van der Waals surface area contributed by atoms with Gasteiger partial charge < -0.3 is 15.3 Å². The van der Waals surface area contributed by atoms with Crippen LogP contribution in [0.15, 0.2) is 0 Å². The summed E-state index contributed by atoms with van der Waals surface area (Å²) in [5.74, 6) is -0.0198. The number of nitrogens with zero attached hydrogens (tertiary/aromatic N) is 1. The van der Waals surface area contributed by atoms with Gasteiger partial charge in [0, 0.05) is 13.1 Å². The van der Waals surface area contributed by atoms with Crippen molar-refractivity contribution in [2.24, 2.45) is 5.92 Å². The van der Waals surface area contributed by atoms with E-state index < -0.39 is 12.0 Å². The van der Waals surface area contributed by atoms with Crippen molar-refractivity contribution in [1.29, 1.82) is 0 Å². The molecular formula is C11H22N2O2. The Balaban J connectivity index is 2.33. The molecule has 0 aromatic heterocycles. The summed E-state index contributed by atoms with van der Waals surface area (Å²) in [6, 6.07) is -0.407. The highest BCUT2D eigenvalue weighted by molar-refractivity contribution is 5.73. The highest BCUT2D eigenvalue weighted by Gasteiger charge is 2.24. The topological polar surface area (TPSA) is 52.6 Å². The molecule has 0 aromatic carbocycles. The summed E-state index contributed by atoms with van der Waals surface area (Å²) >= 11 is 0. The Morgan fingerprint density at radius 3 is 2.87 bits per heavy atom. The lowest BCUT2D eigenvalue weighted by molar-refractivity contribution is -0.139. The van der Waals surface area contributed by atoms with Gasteiger partial charge >= 0.3 is 5.97 Å². The van der Waals surface area contributed by atoms with Gasteiger partial charge in [-0.05, 0) is 31.8 Å². The van der Waals surface area contributed by atoms with Gasteiger partial charge in [-0.1, -0.05) is 13.8 Å². The predicted octanol–water partition coefficient (Wildman–Crippen LogP) is 0.781. The SMILES string of the molecule is CCCNC(CN1CCC(C)C1)C(=O)O. The van der Waals surface area contributed by atoms with E-state index in [-0.39, 0.29) is 0 Å². The second-order valence-corrected chi connectivity index (χ2v) is 4.50. The maximum Gasteiger partial charge on any atom is 0.322 e. The van der Waals surface area contributed by atoms with Crippen molar-refractivity contribution in [2.75, 3.05) is 26.2 Å². The first-order valence-corrected chi connectivity index (χ1v) is 5.82. The number of carbonyl (C=O) groups is 1. The molecule has 0 bridgehead atoms. The van der Waals surface area contributed by atoms with Crippen molar-refractivity contribution >= 4 is 5.97 Å². The number of aliphatic carboxylic acids is 1. The smallest absolute Gasteiger partial charge is 0.322 e. The van der Waals surface area contributed by atoms with Gasteiger partial charge in [0.1, 0.15) is 6.04 Å². The highest BCUT2D eigenvalue weighted by atomic mass is 16.4. The van der Waals surface area contributed by atoms with Gasteiger partial charge in [0.15, 0.2) is 0 Å². The van der Waals surface area contributed by atoms with Crippen LogP contribution in [-0.4, -0.2) is 48.2 Å². The molecule has 2 unspecified atom stereocenters. The van der Waals surface area contributed by atoms with Crippen LogP contribution >= 0.6 is 0 Å². The monoisotopic (exact) mass is 214 g/mol. The Kier molecular flexibility index (Phi) is 5.05. The van der Waals surface area contributed by atoms with Crippen molar-refractivity contribution in [2.45, 2.75) is 32.7 Å². The van der Waals surface area contributed by atoms with Crippen LogP contribution < -0.4 is 5.32 Å². The molecule has 0 saturated carbocycles. The van der Waals surface area contributed by atoms with E-state index >= 15 is 0 Å². The van der Waals surface area contributed by atoms with E-state index in [1.807, 2.05) is 6.92 Å². The van der Waals surface area contributed by atoms with Crippen LogP contribution in [0.1, 0.15) is 26.7 Å². The third kappa shape index (κ3) is 4.18. The zero-order chi connectivity index (χ0) is 11.3. The van der Waals surface area contributed by atoms with Gasteiger partial charge in [-0.2, -0.15) is 0 Å². The van der Waals surface area contributed by atoms with Crippen molar-refractivity contribution in [1.82, 2.24) is 10.2 Å². The second-order valence-electron chi connectivity index (χ2n) is 4.50. The Labute approximate surface area is 91.6 Å². The summed E-state index contributed by atoms with van der Waals surface area (Å²) in [5, 5.41) is 12.1. The molecule has 1 heterocycles. The standard InChI is InChI=1S/C11H22N2O2/c1-3-5-12-10(11(14)15)8-13-6-4-9(2)7-13/h9-10,12H,3-8H2,1-2H3,(H,14,15). The third-order valence-electron chi connectivity index (χ3n) is 2.89. The molecule has 2 N–H and O–H groups in total. The molecule has 2 atom stereocenters. The number of hydrogen-bond donors (Lipinski definition) is 2. The normalized spacial score (nSPS) is 24.3. The minimum atomic E-state index is -0.733. The molecule has 1 fully saturated rings. The summed E-state index contributed by atoms with van der Waals surface area (Å²) in [5.41, 5.74) is 0. The molecular weight excluding hydrogens is 192 g/mol. The molecule has 0 amide bonds. The number of carboxylic acid groups (broad SMARTS) is 1. The molecule has 0 spiro atoms. The molecule has 4 nitrogen and oxygen atoms in total. The Hall–Kier alpha value is -0.610. The molecule has 1 rings (SSSR count). The summed E-state index contributed by atoms with van der Waals surface area (Å²) in [6.45, 7) is 7.76. The first-order valence-electron chi connectivity index (χ1n) is 5.82. The van der Waals surface area contributed by atoms with E-state index in [0.717, 1.165) is 26.1 Å². The molecule has 1 saturated heterocycles. The van der Waals surface area contributed by atoms with Crippen LogP contribution in [0.25, 0.3) is 0 Å². The molecule has 4 heteroatoms. The van der Waals surface area contributed by atoms with Gasteiger partial charge in [-0.3, -0.25) is 4.79 Å². The minimum Gasteiger partial charge on any atom is -0.480 e. The fraction of sp³-hybridized carbons (Fsp3) is 0.909. The first kappa shape index (κ1) is 12.5. The number of nitrogens with one attached hydrogen (secondary N) is 1. The number of carboxylic acids is 1. The fourth-order valence-corrected chi connectivity index (χ4v) is 2.00.